The maximum atomic E-state index is 14.7. The predicted octanol–water partition coefficient (Wildman–Crippen LogP) is 4.19. The van der Waals surface area contributed by atoms with Crippen molar-refractivity contribution in [2.45, 2.75) is 13.0 Å². The maximum Gasteiger partial charge on any atom is 0.299 e. The minimum absolute atomic E-state index is 0.0650. The summed E-state index contributed by atoms with van der Waals surface area (Å²) in [6.07, 6.45) is 1.32. The number of benzene rings is 3. The molecule has 0 amide bonds. The van der Waals surface area contributed by atoms with Crippen LogP contribution in [-0.4, -0.2) is 48.2 Å². The molecule has 3 heterocycles. The molecule has 0 spiro atoms. The second kappa shape index (κ2) is 10.6. The zero-order chi connectivity index (χ0) is 29.6. The number of anilines is 2. The lowest BCUT2D eigenvalue weighted by Crippen LogP contribution is -2.50. The summed E-state index contributed by atoms with van der Waals surface area (Å²) >= 11 is 0. The average Bonchev–Trinajstić information content (AvgIpc) is 3.50. The van der Waals surface area contributed by atoms with Gasteiger partial charge in [-0.25, -0.2) is 13.5 Å². The molecule has 0 aliphatic carbocycles. The molecule has 216 valence electrons. The molecule has 6 rings (SSSR count). The first-order chi connectivity index (χ1) is 20.1. The summed E-state index contributed by atoms with van der Waals surface area (Å²) in [5.41, 5.74) is 7.84. The Kier molecular flexibility index (Phi) is 6.88. The molecular weight excluding hydrogens is 570 g/mol. The van der Waals surface area contributed by atoms with E-state index in [4.69, 9.17) is 15.2 Å². The van der Waals surface area contributed by atoms with Crippen LogP contribution in [0.5, 0.6) is 11.5 Å². The number of aromatic nitrogens is 3. The van der Waals surface area contributed by atoms with E-state index in [-0.39, 0.29) is 47.8 Å². The second-order valence-electron chi connectivity index (χ2n) is 9.73. The summed E-state index contributed by atoms with van der Waals surface area (Å²) in [6.45, 7) is 2.26. The van der Waals surface area contributed by atoms with E-state index in [0.717, 1.165) is 6.07 Å². The van der Waals surface area contributed by atoms with E-state index < -0.39 is 27.6 Å². The number of H-pyrrole nitrogens is 1. The largest absolute Gasteiger partial charge is 0.454 e. The lowest BCUT2D eigenvalue weighted by molar-refractivity contribution is 0.00489. The van der Waals surface area contributed by atoms with Crippen LogP contribution in [0.1, 0.15) is 21.6 Å². The van der Waals surface area contributed by atoms with E-state index >= 15 is 0 Å². The fourth-order valence-electron chi connectivity index (χ4n) is 4.50. The van der Waals surface area contributed by atoms with Crippen molar-refractivity contribution in [2.75, 3.05) is 23.7 Å². The zero-order valence-electron chi connectivity index (χ0n) is 22.0. The summed E-state index contributed by atoms with van der Waals surface area (Å²) in [4.78, 5) is 16.3. The SMILES string of the molecule is Cc1cc(Oc2ccccc2F)ccc1-n1ncc(C(=O)c2cc3cc(F)c(NS(=O)(=O)NC4COC4)cc3[nH]2)c1N. The Morgan fingerprint density at radius 1 is 1.12 bits per heavy atom. The predicted molar refractivity (Wildman–Crippen MR) is 151 cm³/mol. The maximum absolute atomic E-state index is 14.7. The third kappa shape index (κ3) is 5.30. The van der Waals surface area contributed by atoms with Gasteiger partial charge in [0.25, 0.3) is 10.2 Å². The molecular formula is C28H24F2N6O5S. The fourth-order valence-corrected chi connectivity index (χ4v) is 5.58. The third-order valence-corrected chi connectivity index (χ3v) is 7.80. The van der Waals surface area contributed by atoms with Gasteiger partial charge in [0, 0.05) is 10.9 Å². The van der Waals surface area contributed by atoms with Crippen LogP contribution in [0.2, 0.25) is 0 Å². The van der Waals surface area contributed by atoms with Crippen molar-refractivity contribution >= 4 is 38.4 Å². The van der Waals surface area contributed by atoms with Crippen LogP contribution in [0, 0.1) is 18.6 Å². The number of nitrogens with zero attached hydrogens (tertiary/aromatic N) is 2. The summed E-state index contributed by atoms with van der Waals surface area (Å²) < 4.78 is 69.9. The van der Waals surface area contributed by atoms with Crippen LogP contribution in [-0.2, 0) is 14.9 Å². The highest BCUT2D eigenvalue weighted by Gasteiger charge is 2.26. The Balaban J connectivity index is 1.23. The van der Waals surface area contributed by atoms with Gasteiger partial charge < -0.3 is 20.2 Å². The van der Waals surface area contributed by atoms with Gasteiger partial charge in [0.2, 0.25) is 5.78 Å². The normalized spacial score (nSPS) is 13.7. The van der Waals surface area contributed by atoms with E-state index in [1.54, 1.807) is 37.3 Å². The van der Waals surface area contributed by atoms with Gasteiger partial charge in [-0.15, -0.1) is 0 Å². The number of aryl methyl sites for hydroxylation is 1. The van der Waals surface area contributed by atoms with Gasteiger partial charge in [0.1, 0.15) is 17.4 Å². The summed E-state index contributed by atoms with van der Waals surface area (Å²) in [7, 11) is -4.04. The van der Waals surface area contributed by atoms with E-state index in [1.165, 1.54) is 35.1 Å². The molecule has 1 aliphatic heterocycles. The number of ketones is 1. The molecule has 42 heavy (non-hydrogen) atoms. The van der Waals surface area contributed by atoms with Crippen LogP contribution in [0.15, 0.2) is 66.9 Å². The van der Waals surface area contributed by atoms with Crippen molar-refractivity contribution in [1.29, 1.82) is 0 Å². The summed E-state index contributed by atoms with van der Waals surface area (Å²) in [6, 6.07) is 14.5. The molecule has 1 aliphatic rings. The van der Waals surface area contributed by atoms with Crippen molar-refractivity contribution in [3.8, 4) is 17.2 Å². The van der Waals surface area contributed by atoms with Crippen molar-refractivity contribution in [3.05, 3.63) is 95.3 Å². The Morgan fingerprint density at radius 2 is 1.90 bits per heavy atom. The number of para-hydroxylation sites is 1. The Hall–Kier alpha value is -4.79. The van der Waals surface area contributed by atoms with E-state index in [1.807, 2.05) is 0 Å². The molecule has 0 saturated carbocycles. The molecule has 1 saturated heterocycles. The number of nitrogen functional groups attached to an aromatic ring is 1. The molecule has 0 atom stereocenters. The first-order valence-electron chi connectivity index (χ1n) is 12.7. The number of carbonyl (C=O) groups is 1. The van der Waals surface area contributed by atoms with Gasteiger partial charge in [0.05, 0.1) is 48.1 Å². The van der Waals surface area contributed by atoms with Crippen LogP contribution in [0.3, 0.4) is 0 Å². The number of hydrogen-bond acceptors (Lipinski definition) is 7. The number of nitrogens with two attached hydrogens (primary N) is 1. The number of halogens is 2. The fraction of sp³-hybridized carbons (Fsp3) is 0.143. The molecule has 11 nitrogen and oxygen atoms in total. The number of hydrogen-bond donors (Lipinski definition) is 4. The van der Waals surface area contributed by atoms with Crippen LogP contribution < -0.4 is 19.9 Å². The quantitative estimate of drug-likeness (QED) is 0.187. The smallest absolute Gasteiger partial charge is 0.299 e. The van der Waals surface area contributed by atoms with Crippen molar-refractivity contribution in [3.63, 3.8) is 0 Å². The lowest BCUT2D eigenvalue weighted by Gasteiger charge is -2.26. The van der Waals surface area contributed by atoms with Crippen LogP contribution >= 0.6 is 0 Å². The third-order valence-electron chi connectivity index (χ3n) is 6.67. The molecule has 0 radical (unpaired) electrons. The molecule has 1 fully saturated rings. The second-order valence-corrected chi connectivity index (χ2v) is 11.2. The van der Waals surface area contributed by atoms with Gasteiger partial charge >= 0.3 is 0 Å². The van der Waals surface area contributed by atoms with Gasteiger partial charge in [-0.05, 0) is 61.0 Å². The van der Waals surface area contributed by atoms with E-state index in [0.29, 0.717) is 27.9 Å². The number of carbonyl (C=O) groups excluding carboxylic acids is 1. The number of nitrogens with one attached hydrogen (secondary N) is 3. The minimum atomic E-state index is -4.04. The van der Waals surface area contributed by atoms with E-state index in [2.05, 4.69) is 19.5 Å². The molecule has 0 bridgehead atoms. The number of aromatic amines is 1. The zero-order valence-corrected chi connectivity index (χ0v) is 22.8. The van der Waals surface area contributed by atoms with Gasteiger partial charge in [0.15, 0.2) is 11.6 Å². The standard InChI is InChI=1S/C28H24F2N6O5S/c1-15-8-18(41-26-5-3-2-4-20(26)29)6-7-25(15)36-28(31)19(12-32-36)27(37)24-10-16-9-21(30)23(11-22(16)33-24)35-42(38,39)34-17-13-40-14-17/h2-12,17,33-35H,13-14,31H2,1H3. The van der Waals surface area contributed by atoms with Gasteiger partial charge in [-0.3, -0.25) is 9.52 Å². The average molecular weight is 595 g/mol. The van der Waals surface area contributed by atoms with Crippen LogP contribution in [0.25, 0.3) is 16.6 Å². The molecule has 5 N–H and O–H groups in total. The number of fused-ring (bicyclic) bond motifs is 1. The number of rotatable bonds is 9. The first kappa shape index (κ1) is 27.4. The highest BCUT2D eigenvalue weighted by Crippen LogP contribution is 2.30. The Labute approximate surface area is 238 Å². The van der Waals surface area contributed by atoms with Crippen molar-refractivity contribution in [1.82, 2.24) is 19.5 Å². The highest BCUT2D eigenvalue weighted by atomic mass is 32.2. The molecule has 0 unspecified atom stereocenters. The van der Waals surface area contributed by atoms with Gasteiger partial charge in [-0.2, -0.15) is 18.2 Å². The summed E-state index contributed by atoms with van der Waals surface area (Å²) in [5.74, 6) is -1.26. The van der Waals surface area contributed by atoms with Crippen LogP contribution in [0.4, 0.5) is 20.3 Å². The highest BCUT2D eigenvalue weighted by molar-refractivity contribution is 7.90. The molecule has 5 aromatic rings. The monoisotopic (exact) mass is 594 g/mol. The molecule has 3 aromatic carbocycles. The minimum Gasteiger partial charge on any atom is -0.454 e. The first-order valence-corrected chi connectivity index (χ1v) is 14.2. The molecule has 14 heteroatoms. The topological polar surface area (TPSA) is 153 Å². The number of ether oxygens (including phenoxy) is 2. The Morgan fingerprint density at radius 3 is 2.62 bits per heavy atom. The van der Waals surface area contributed by atoms with E-state index in [9.17, 15) is 22.0 Å². The Bertz CT molecular complexity index is 1950. The van der Waals surface area contributed by atoms with Crippen molar-refractivity contribution < 1.29 is 31.5 Å². The molecule has 2 aromatic heterocycles. The lowest BCUT2D eigenvalue weighted by atomic mass is 10.1. The van der Waals surface area contributed by atoms with Gasteiger partial charge in [-0.1, -0.05) is 12.1 Å². The summed E-state index contributed by atoms with van der Waals surface area (Å²) in [5, 5.41) is 4.64. The van der Waals surface area contributed by atoms with Crippen molar-refractivity contribution in [2.24, 2.45) is 0 Å².